The van der Waals surface area contributed by atoms with Crippen molar-refractivity contribution in [2.24, 2.45) is 5.92 Å². The van der Waals surface area contributed by atoms with Gasteiger partial charge in [-0.05, 0) is 44.9 Å². The van der Waals surface area contributed by atoms with Crippen molar-refractivity contribution in [3.8, 4) is 0 Å². The number of hydrogen-bond donors (Lipinski definition) is 0. The van der Waals surface area contributed by atoms with Gasteiger partial charge >= 0.3 is 11.9 Å². The summed E-state index contributed by atoms with van der Waals surface area (Å²) in [6, 6.07) is 0. The number of ether oxygens (including phenoxy) is 3. The molecule has 0 aliphatic heterocycles. The summed E-state index contributed by atoms with van der Waals surface area (Å²) in [6.07, 6.45) is 9.51. The molecule has 0 bridgehead atoms. The molecule has 23 heavy (non-hydrogen) atoms. The van der Waals surface area contributed by atoms with E-state index in [4.69, 9.17) is 14.2 Å². The molecular formula is C18H28O5. The Hall–Kier alpha value is -1.62. The largest absolute Gasteiger partial charge is 0.460 e. The van der Waals surface area contributed by atoms with Gasteiger partial charge in [-0.25, -0.2) is 9.59 Å². The quantitative estimate of drug-likeness (QED) is 0.370. The summed E-state index contributed by atoms with van der Waals surface area (Å²) >= 11 is 0. The zero-order valence-electron chi connectivity index (χ0n) is 14.2. The van der Waals surface area contributed by atoms with Crippen LogP contribution in [0, 0.1) is 5.92 Å². The average molecular weight is 324 g/mol. The van der Waals surface area contributed by atoms with Crippen LogP contribution in [0.25, 0.3) is 0 Å². The molecule has 1 unspecified atom stereocenters. The Morgan fingerprint density at radius 3 is 2.48 bits per heavy atom. The topological polar surface area (TPSA) is 61.8 Å². The smallest absolute Gasteiger partial charge is 0.330 e. The first kappa shape index (κ1) is 19.4. The van der Waals surface area contributed by atoms with Crippen LogP contribution in [0.2, 0.25) is 0 Å². The number of hydrogen-bond acceptors (Lipinski definition) is 5. The third kappa shape index (κ3) is 8.55. The molecule has 0 saturated heterocycles. The summed E-state index contributed by atoms with van der Waals surface area (Å²) in [6.45, 7) is 7.87. The van der Waals surface area contributed by atoms with Crippen LogP contribution < -0.4 is 0 Å². The Labute approximate surface area is 138 Å². The van der Waals surface area contributed by atoms with Crippen molar-refractivity contribution in [3.05, 3.63) is 24.8 Å². The highest BCUT2D eigenvalue weighted by molar-refractivity contribution is 5.82. The van der Waals surface area contributed by atoms with Crippen molar-refractivity contribution in [1.29, 1.82) is 0 Å². The first-order valence-corrected chi connectivity index (χ1v) is 8.34. The molecule has 1 saturated carbocycles. The maximum Gasteiger partial charge on any atom is 0.330 e. The standard InChI is InChI=1S/C18H28O5/c1-4-14(3)23-18(20)11-8-15-6-9-16(10-7-15)21-12-13-22-17(19)5-2/h5,8,11,14-16H,2,4,6-7,9-10,12-13H2,1,3H3. The Morgan fingerprint density at radius 2 is 1.87 bits per heavy atom. The molecule has 0 aromatic rings. The van der Waals surface area contributed by atoms with Crippen molar-refractivity contribution in [2.75, 3.05) is 13.2 Å². The SMILES string of the molecule is C=CC(=O)OCCOC1CCC(C=CC(=O)OC(C)CC)CC1. The molecule has 0 aromatic carbocycles. The van der Waals surface area contributed by atoms with Gasteiger partial charge in [-0.1, -0.05) is 19.6 Å². The molecule has 0 N–H and O–H groups in total. The summed E-state index contributed by atoms with van der Waals surface area (Å²) < 4.78 is 15.8. The van der Waals surface area contributed by atoms with E-state index in [2.05, 4.69) is 6.58 Å². The van der Waals surface area contributed by atoms with Crippen LogP contribution in [0.1, 0.15) is 46.0 Å². The van der Waals surface area contributed by atoms with Gasteiger partial charge < -0.3 is 14.2 Å². The summed E-state index contributed by atoms with van der Waals surface area (Å²) in [5.74, 6) is -0.286. The Bertz CT molecular complexity index is 408. The van der Waals surface area contributed by atoms with Crippen LogP contribution in [0.3, 0.4) is 0 Å². The van der Waals surface area contributed by atoms with Gasteiger partial charge in [0.05, 0.1) is 18.8 Å². The average Bonchev–Trinajstić information content (AvgIpc) is 2.57. The van der Waals surface area contributed by atoms with E-state index in [9.17, 15) is 9.59 Å². The molecule has 1 aliphatic carbocycles. The zero-order chi connectivity index (χ0) is 17.1. The highest BCUT2D eigenvalue weighted by Gasteiger charge is 2.20. The monoisotopic (exact) mass is 324 g/mol. The van der Waals surface area contributed by atoms with Crippen LogP contribution in [-0.2, 0) is 23.8 Å². The molecule has 0 heterocycles. The van der Waals surface area contributed by atoms with Gasteiger partial charge in [0.25, 0.3) is 0 Å². The predicted molar refractivity (Wildman–Crippen MR) is 87.8 cm³/mol. The maximum absolute atomic E-state index is 11.6. The Morgan fingerprint density at radius 1 is 1.17 bits per heavy atom. The molecular weight excluding hydrogens is 296 g/mol. The van der Waals surface area contributed by atoms with Crippen molar-refractivity contribution < 1.29 is 23.8 Å². The second-order valence-corrected chi connectivity index (χ2v) is 5.79. The van der Waals surface area contributed by atoms with Gasteiger partial charge in [-0.15, -0.1) is 0 Å². The lowest BCUT2D eigenvalue weighted by Gasteiger charge is -2.26. The number of esters is 2. The normalized spacial score (nSPS) is 22.5. The van der Waals surface area contributed by atoms with Crippen LogP contribution >= 0.6 is 0 Å². The van der Waals surface area contributed by atoms with E-state index in [-0.39, 0.29) is 24.8 Å². The first-order chi connectivity index (χ1) is 11.0. The van der Waals surface area contributed by atoms with Crippen molar-refractivity contribution in [3.63, 3.8) is 0 Å². The Kier molecular flexibility index (Phi) is 9.29. The minimum atomic E-state index is -0.424. The molecule has 1 atom stereocenters. The van der Waals surface area contributed by atoms with Gasteiger partial charge in [-0.2, -0.15) is 0 Å². The third-order valence-electron chi connectivity index (χ3n) is 3.96. The van der Waals surface area contributed by atoms with Crippen molar-refractivity contribution in [2.45, 2.75) is 58.2 Å². The Balaban J connectivity index is 2.16. The fraction of sp³-hybridized carbons (Fsp3) is 0.667. The van der Waals surface area contributed by atoms with Crippen LogP contribution in [-0.4, -0.2) is 37.4 Å². The zero-order valence-corrected chi connectivity index (χ0v) is 14.2. The third-order valence-corrected chi connectivity index (χ3v) is 3.96. The van der Waals surface area contributed by atoms with Crippen LogP contribution in [0.5, 0.6) is 0 Å². The fourth-order valence-electron chi connectivity index (χ4n) is 2.40. The molecule has 0 radical (unpaired) electrons. The lowest BCUT2D eigenvalue weighted by Crippen LogP contribution is -2.23. The fourth-order valence-corrected chi connectivity index (χ4v) is 2.40. The lowest BCUT2D eigenvalue weighted by atomic mass is 9.87. The first-order valence-electron chi connectivity index (χ1n) is 8.34. The summed E-state index contributed by atoms with van der Waals surface area (Å²) in [5.41, 5.74) is 0. The number of carbonyl (C=O) groups is 2. The van der Waals surface area contributed by atoms with Gasteiger partial charge in [0, 0.05) is 12.2 Å². The number of allylic oxidation sites excluding steroid dienone is 1. The molecule has 0 spiro atoms. The van der Waals surface area contributed by atoms with Crippen molar-refractivity contribution in [1.82, 2.24) is 0 Å². The molecule has 5 nitrogen and oxygen atoms in total. The highest BCUT2D eigenvalue weighted by Crippen LogP contribution is 2.27. The summed E-state index contributed by atoms with van der Waals surface area (Å²) in [7, 11) is 0. The van der Waals surface area contributed by atoms with Gasteiger partial charge in [0.15, 0.2) is 0 Å². The lowest BCUT2D eigenvalue weighted by molar-refractivity contribution is -0.142. The van der Waals surface area contributed by atoms with E-state index in [0.29, 0.717) is 12.5 Å². The van der Waals surface area contributed by atoms with Gasteiger partial charge in [0.2, 0.25) is 0 Å². The molecule has 1 rings (SSSR count). The van der Waals surface area contributed by atoms with E-state index >= 15 is 0 Å². The second-order valence-electron chi connectivity index (χ2n) is 5.79. The summed E-state index contributed by atoms with van der Waals surface area (Å²) in [5, 5.41) is 0. The van der Waals surface area contributed by atoms with Gasteiger partial charge in [0.1, 0.15) is 6.61 Å². The summed E-state index contributed by atoms with van der Waals surface area (Å²) in [4.78, 5) is 22.5. The molecule has 5 heteroatoms. The van der Waals surface area contributed by atoms with Crippen LogP contribution in [0.4, 0.5) is 0 Å². The minimum Gasteiger partial charge on any atom is -0.460 e. The molecule has 1 aliphatic rings. The second kappa shape index (κ2) is 11.0. The van der Waals surface area contributed by atoms with Crippen LogP contribution in [0.15, 0.2) is 24.8 Å². The van der Waals surface area contributed by atoms with Gasteiger partial charge in [-0.3, -0.25) is 0 Å². The van der Waals surface area contributed by atoms with E-state index < -0.39 is 5.97 Å². The highest BCUT2D eigenvalue weighted by atomic mass is 16.6. The number of carbonyl (C=O) groups excluding carboxylic acids is 2. The maximum atomic E-state index is 11.6. The van der Waals surface area contributed by atoms with Crippen molar-refractivity contribution >= 4 is 11.9 Å². The number of rotatable bonds is 9. The predicted octanol–water partition coefficient (Wildman–Crippen LogP) is 3.19. The van der Waals surface area contributed by atoms with E-state index in [1.54, 1.807) is 6.08 Å². The van der Waals surface area contributed by atoms with E-state index in [1.807, 2.05) is 19.9 Å². The molecule has 0 amide bonds. The van der Waals surface area contributed by atoms with E-state index in [0.717, 1.165) is 38.2 Å². The molecule has 1 fully saturated rings. The van der Waals surface area contributed by atoms with E-state index in [1.165, 1.54) is 0 Å². The minimum absolute atomic E-state index is 0.0357. The molecule has 0 aromatic heterocycles. The molecule has 130 valence electrons.